The van der Waals surface area contributed by atoms with Gasteiger partial charge in [-0.1, -0.05) is 31.5 Å². The number of thiophene rings is 1. The van der Waals surface area contributed by atoms with Crippen LogP contribution in [0.1, 0.15) is 47.5 Å². The summed E-state index contributed by atoms with van der Waals surface area (Å²) in [5.41, 5.74) is 1.57. The highest BCUT2D eigenvalue weighted by atomic mass is 32.1. The van der Waals surface area contributed by atoms with Crippen molar-refractivity contribution in [3.05, 3.63) is 46.3 Å². The Morgan fingerprint density at radius 2 is 2.00 bits per heavy atom. The van der Waals surface area contributed by atoms with Gasteiger partial charge in [-0.05, 0) is 49.8 Å². The number of ether oxygens (including phenoxy) is 2. The molecule has 1 N–H and O–H groups in total. The van der Waals surface area contributed by atoms with E-state index < -0.39 is 0 Å². The Hall–Kier alpha value is -2.34. The van der Waals surface area contributed by atoms with Gasteiger partial charge in [-0.15, -0.1) is 11.3 Å². The molecule has 0 saturated heterocycles. The van der Waals surface area contributed by atoms with Crippen LogP contribution in [0.25, 0.3) is 0 Å². The van der Waals surface area contributed by atoms with E-state index in [1.165, 1.54) is 16.2 Å². The van der Waals surface area contributed by atoms with E-state index in [-0.39, 0.29) is 18.5 Å². The maximum atomic E-state index is 12.5. The number of hydrogen-bond acceptors (Lipinski definition) is 5. The zero-order valence-corrected chi connectivity index (χ0v) is 16.6. The Kier molecular flexibility index (Phi) is 6.50. The fourth-order valence-electron chi connectivity index (χ4n) is 3.34. The van der Waals surface area contributed by atoms with Crippen LogP contribution in [0.5, 0.6) is 5.75 Å². The normalized spacial score (nSPS) is 15.7. The number of benzene rings is 1. The quantitative estimate of drug-likeness (QED) is 0.713. The summed E-state index contributed by atoms with van der Waals surface area (Å²) in [7, 11) is 0. The first kappa shape index (κ1) is 19.4. The Morgan fingerprint density at radius 3 is 2.70 bits per heavy atom. The van der Waals surface area contributed by atoms with Gasteiger partial charge in [-0.25, -0.2) is 4.79 Å². The lowest BCUT2D eigenvalue weighted by Crippen LogP contribution is -2.21. The largest absolute Gasteiger partial charge is 0.484 e. The molecule has 0 saturated carbocycles. The van der Waals surface area contributed by atoms with Crippen molar-refractivity contribution in [2.75, 3.05) is 18.5 Å². The van der Waals surface area contributed by atoms with Gasteiger partial charge >= 0.3 is 5.97 Å². The number of hydrogen-bond donors (Lipinski definition) is 1. The molecule has 1 aromatic carbocycles. The van der Waals surface area contributed by atoms with E-state index in [1.807, 2.05) is 18.2 Å². The van der Waals surface area contributed by atoms with Crippen LogP contribution in [0, 0.1) is 5.92 Å². The fourth-order valence-corrected chi connectivity index (χ4v) is 4.70. The third-order valence-corrected chi connectivity index (χ3v) is 5.96. The molecule has 1 amide bonds. The summed E-state index contributed by atoms with van der Waals surface area (Å²) in [6.45, 7) is 4.19. The van der Waals surface area contributed by atoms with E-state index in [9.17, 15) is 9.59 Å². The number of rotatable bonds is 7. The Labute approximate surface area is 163 Å². The average molecular weight is 388 g/mol. The van der Waals surface area contributed by atoms with Gasteiger partial charge in [0.15, 0.2) is 6.61 Å². The van der Waals surface area contributed by atoms with Crippen molar-refractivity contribution in [2.45, 2.75) is 39.5 Å². The second-order valence-corrected chi connectivity index (χ2v) is 7.70. The molecule has 2 aromatic rings. The number of amides is 1. The molecule has 1 unspecified atom stereocenters. The van der Waals surface area contributed by atoms with Gasteiger partial charge in [0.25, 0.3) is 5.91 Å². The first-order valence-corrected chi connectivity index (χ1v) is 10.2. The molecule has 27 heavy (non-hydrogen) atoms. The molecule has 1 aliphatic rings. The van der Waals surface area contributed by atoms with Gasteiger partial charge in [-0.3, -0.25) is 4.79 Å². The fraction of sp³-hybridized carbons (Fsp3) is 0.429. The van der Waals surface area contributed by atoms with Crippen molar-refractivity contribution >= 4 is 28.2 Å². The monoisotopic (exact) mass is 387 g/mol. The van der Waals surface area contributed by atoms with E-state index in [1.54, 1.807) is 19.1 Å². The van der Waals surface area contributed by atoms with Gasteiger partial charge in [0.2, 0.25) is 0 Å². The summed E-state index contributed by atoms with van der Waals surface area (Å²) in [5, 5.41) is 3.44. The molecule has 1 aromatic heterocycles. The van der Waals surface area contributed by atoms with Crippen LogP contribution < -0.4 is 10.1 Å². The molecular weight excluding hydrogens is 362 g/mol. The average Bonchev–Trinajstić information content (AvgIpc) is 3.04. The van der Waals surface area contributed by atoms with Crippen molar-refractivity contribution in [1.82, 2.24) is 0 Å². The summed E-state index contributed by atoms with van der Waals surface area (Å²) in [6.07, 6.45) is 4.00. The lowest BCUT2D eigenvalue weighted by Gasteiger charge is -2.20. The van der Waals surface area contributed by atoms with E-state index >= 15 is 0 Å². The highest BCUT2D eigenvalue weighted by molar-refractivity contribution is 7.17. The smallest absolute Gasteiger partial charge is 0.341 e. The second kappa shape index (κ2) is 9.04. The van der Waals surface area contributed by atoms with Gasteiger partial charge in [0.05, 0.1) is 12.2 Å². The van der Waals surface area contributed by atoms with Crippen molar-refractivity contribution in [3.8, 4) is 5.75 Å². The van der Waals surface area contributed by atoms with E-state index in [0.717, 1.165) is 31.2 Å². The highest BCUT2D eigenvalue weighted by Gasteiger charge is 2.29. The number of fused-ring (bicyclic) bond motifs is 1. The number of para-hydroxylation sites is 1. The first-order valence-electron chi connectivity index (χ1n) is 9.41. The zero-order chi connectivity index (χ0) is 19.2. The van der Waals surface area contributed by atoms with Crippen molar-refractivity contribution in [3.63, 3.8) is 0 Å². The number of esters is 1. The SMILES string of the molecule is CCOC(=O)c1c(NC(=O)COc2ccccc2)sc2c1CCC(CC)C2. The standard InChI is InChI=1S/C21H25NO4S/c1-3-14-10-11-16-17(12-14)27-20(19(16)21(24)25-4-2)22-18(23)13-26-15-8-6-5-7-9-15/h5-9,14H,3-4,10-13H2,1-2H3,(H,22,23). The molecule has 5 nitrogen and oxygen atoms in total. The zero-order valence-electron chi connectivity index (χ0n) is 15.7. The summed E-state index contributed by atoms with van der Waals surface area (Å²) in [6, 6.07) is 9.18. The molecule has 0 aliphatic heterocycles. The molecule has 0 fully saturated rings. The number of carbonyl (C=O) groups excluding carboxylic acids is 2. The lowest BCUT2D eigenvalue weighted by atomic mass is 9.85. The number of anilines is 1. The molecule has 6 heteroatoms. The van der Waals surface area contributed by atoms with Gasteiger partial charge in [0.1, 0.15) is 10.8 Å². The maximum absolute atomic E-state index is 12.5. The third-order valence-electron chi connectivity index (χ3n) is 4.79. The minimum atomic E-state index is -0.357. The second-order valence-electron chi connectivity index (χ2n) is 6.60. The number of nitrogens with one attached hydrogen (secondary N) is 1. The Morgan fingerprint density at radius 1 is 1.22 bits per heavy atom. The van der Waals surface area contributed by atoms with Crippen LogP contribution in [-0.2, 0) is 22.4 Å². The van der Waals surface area contributed by atoms with Crippen molar-refractivity contribution in [2.24, 2.45) is 5.92 Å². The van der Waals surface area contributed by atoms with Crippen molar-refractivity contribution in [1.29, 1.82) is 0 Å². The van der Waals surface area contributed by atoms with Crippen LogP contribution in [0.15, 0.2) is 30.3 Å². The third kappa shape index (κ3) is 4.69. The molecule has 144 valence electrons. The summed E-state index contributed by atoms with van der Waals surface area (Å²) < 4.78 is 10.7. The predicted molar refractivity (Wildman–Crippen MR) is 107 cm³/mol. The topological polar surface area (TPSA) is 64.6 Å². The maximum Gasteiger partial charge on any atom is 0.341 e. The van der Waals surface area contributed by atoms with Crippen molar-refractivity contribution < 1.29 is 19.1 Å². The Balaban J connectivity index is 1.76. The molecule has 3 rings (SSSR count). The predicted octanol–water partition coefficient (Wildman–Crippen LogP) is 4.46. The first-order chi connectivity index (χ1) is 13.1. The molecule has 1 heterocycles. The minimum Gasteiger partial charge on any atom is -0.484 e. The van der Waals surface area contributed by atoms with Crippen LogP contribution in [-0.4, -0.2) is 25.1 Å². The molecule has 0 radical (unpaired) electrons. The van der Waals surface area contributed by atoms with Gasteiger partial charge < -0.3 is 14.8 Å². The molecule has 1 aliphatic carbocycles. The van der Waals surface area contributed by atoms with E-state index in [4.69, 9.17) is 9.47 Å². The van der Waals surface area contributed by atoms with Gasteiger partial charge in [-0.2, -0.15) is 0 Å². The molecular formula is C21H25NO4S. The number of carbonyl (C=O) groups is 2. The minimum absolute atomic E-state index is 0.105. The van der Waals surface area contributed by atoms with E-state index in [2.05, 4.69) is 12.2 Å². The molecule has 0 spiro atoms. The van der Waals surface area contributed by atoms with Crippen LogP contribution in [0.3, 0.4) is 0 Å². The van der Waals surface area contributed by atoms with Crippen LogP contribution in [0.4, 0.5) is 5.00 Å². The molecule has 0 bridgehead atoms. The van der Waals surface area contributed by atoms with E-state index in [0.29, 0.717) is 28.8 Å². The highest BCUT2D eigenvalue weighted by Crippen LogP contribution is 2.40. The Bertz CT molecular complexity index is 800. The summed E-state index contributed by atoms with van der Waals surface area (Å²) in [5.74, 6) is 0.630. The summed E-state index contributed by atoms with van der Waals surface area (Å²) >= 11 is 1.50. The lowest BCUT2D eigenvalue weighted by molar-refractivity contribution is -0.118. The van der Waals surface area contributed by atoms with Crippen LogP contribution in [0.2, 0.25) is 0 Å². The molecule has 1 atom stereocenters. The summed E-state index contributed by atoms with van der Waals surface area (Å²) in [4.78, 5) is 26.1. The van der Waals surface area contributed by atoms with Crippen LogP contribution >= 0.6 is 11.3 Å². The van der Waals surface area contributed by atoms with Gasteiger partial charge in [0, 0.05) is 4.88 Å².